The van der Waals surface area contributed by atoms with Crippen LogP contribution in [0, 0.1) is 10.8 Å². The van der Waals surface area contributed by atoms with Gasteiger partial charge in [-0.25, -0.2) is 0 Å². The Morgan fingerprint density at radius 1 is 0.577 bits per heavy atom. The van der Waals surface area contributed by atoms with Crippen molar-refractivity contribution in [3.8, 4) is 0 Å². The summed E-state index contributed by atoms with van der Waals surface area (Å²) in [6.07, 6.45) is 5.30. The second kappa shape index (κ2) is 24.1. The van der Waals surface area contributed by atoms with Crippen LogP contribution in [0.5, 0.6) is 0 Å². The summed E-state index contributed by atoms with van der Waals surface area (Å²) in [5, 5.41) is 24.1. The van der Waals surface area contributed by atoms with Gasteiger partial charge in [-0.15, -0.1) is 0 Å². The van der Waals surface area contributed by atoms with E-state index in [9.17, 15) is 38.4 Å². The number of carbonyl (C=O) groups excluding carboxylic acids is 8. The standard InChI is InChI=1S/C60H84N10O8/c1-34(61-11)50(71)66-48(58(3,4)5)55(76)69-32-40-29-39(28-27-38(40)30-46(69)53(74)64-44-25-17-21-36-19-13-15-23-42(36)44)52(73)68-60(9,10)57(78)63-41-31-47(54(75)65-45-26-18-22-37-20-14-16-24-43(37)45)70(33-41)56(77)49(59(6,7)8)67-51(72)35(2)62-12/h13-16,19-20,23-24,27-29,34-35,41,44-49,61-62H,17-18,21-22,25-26,30-33H2,1-12H3,(H,63,78)(H,64,74)(H,65,75)(H,66,71)(H,67,72)(H,68,73)/t34-,35-,41-,44+,45+,46-,47-,48+,49+/m0/s1. The number of nitrogens with zero attached hydrogens (tertiary/aromatic N) is 2. The van der Waals surface area contributed by atoms with Crippen molar-refractivity contribution < 1.29 is 38.4 Å². The zero-order valence-electron chi connectivity index (χ0n) is 47.8. The predicted molar refractivity (Wildman–Crippen MR) is 298 cm³/mol. The number of likely N-dealkylation sites (tertiary alicyclic amines) is 1. The van der Waals surface area contributed by atoms with Crippen LogP contribution in [0.2, 0.25) is 0 Å². The zero-order valence-corrected chi connectivity index (χ0v) is 47.8. The monoisotopic (exact) mass is 1070 g/mol. The molecule has 18 heteroatoms. The Morgan fingerprint density at radius 2 is 1.06 bits per heavy atom. The first kappa shape index (κ1) is 59.0. The van der Waals surface area contributed by atoms with Crippen LogP contribution in [0.4, 0.5) is 0 Å². The average Bonchev–Trinajstić information content (AvgIpc) is 3.99. The fourth-order valence-corrected chi connectivity index (χ4v) is 11.2. The molecule has 2 aliphatic carbocycles. The average molecular weight is 1070 g/mol. The van der Waals surface area contributed by atoms with Crippen LogP contribution in [0.1, 0.15) is 157 Å². The number of hydrogen-bond donors (Lipinski definition) is 8. The van der Waals surface area contributed by atoms with Crippen molar-refractivity contribution in [1.82, 2.24) is 52.3 Å². The lowest BCUT2D eigenvalue weighted by molar-refractivity contribution is -0.147. The lowest BCUT2D eigenvalue weighted by Crippen LogP contribution is -2.62. The zero-order chi connectivity index (χ0) is 57.0. The minimum Gasteiger partial charge on any atom is -0.349 e. The summed E-state index contributed by atoms with van der Waals surface area (Å²) in [6.45, 7) is 17.6. The molecule has 7 rings (SSSR count). The highest BCUT2D eigenvalue weighted by Gasteiger charge is 2.48. The minimum atomic E-state index is -1.51. The topological polar surface area (TPSA) is 239 Å². The molecule has 422 valence electrons. The number of hydrogen-bond acceptors (Lipinski definition) is 10. The van der Waals surface area contributed by atoms with Gasteiger partial charge in [0.2, 0.25) is 41.4 Å². The number of fused-ring (bicyclic) bond motifs is 3. The van der Waals surface area contributed by atoms with E-state index in [1.54, 1.807) is 60.0 Å². The van der Waals surface area contributed by atoms with Crippen LogP contribution in [-0.2, 0) is 59.4 Å². The number of benzene rings is 3. The number of rotatable bonds is 16. The maximum absolute atomic E-state index is 15.0. The Kier molecular flexibility index (Phi) is 18.3. The molecule has 0 unspecified atom stereocenters. The minimum absolute atomic E-state index is 0.0285. The molecule has 78 heavy (non-hydrogen) atoms. The third-order valence-corrected chi connectivity index (χ3v) is 16.2. The van der Waals surface area contributed by atoms with Crippen molar-refractivity contribution in [1.29, 1.82) is 0 Å². The molecule has 4 aliphatic rings. The van der Waals surface area contributed by atoms with Gasteiger partial charge in [-0.2, -0.15) is 0 Å². The van der Waals surface area contributed by atoms with Gasteiger partial charge in [-0.1, -0.05) is 96.1 Å². The smallest absolute Gasteiger partial charge is 0.252 e. The van der Waals surface area contributed by atoms with Crippen LogP contribution >= 0.6 is 0 Å². The fraction of sp³-hybridized carbons (Fsp3) is 0.567. The van der Waals surface area contributed by atoms with E-state index in [-0.39, 0.29) is 67.2 Å². The first-order valence-electron chi connectivity index (χ1n) is 27.8. The predicted octanol–water partition coefficient (Wildman–Crippen LogP) is 4.20. The van der Waals surface area contributed by atoms with Gasteiger partial charge in [0.05, 0.1) is 24.2 Å². The van der Waals surface area contributed by atoms with Gasteiger partial charge >= 0.3 is 0 Å². The van der Waals surface area contributed by atoms with Gasteiger partial charge in [-0.05, 0) is 143 Å². The molecule has 0 bridgehead atoms. The molecular weight excluding hydrogens is 989 g/mol. The van der Waals surface area contributed by atoms with Crippen molar-refractivity contribution in [3.05, 3.63) is 106 Å². The molecule has 0 saturated carbocycles. The van der Waals surface area contributed by atoms with Crippen LogP contribution in [0.3, 0.4) is 0 Å². The Labute approximate surface area is 460 Å². The largest absolute Gasteiger partial charge is 0.349 e. The number of carbonyl (C=O) groups is 8. The summed E-state index contributed by atoms with van der Waals surface area (Å²) in [7, 11) is 3.31. The Hall–Kier alpha value is -6.66. The van der Waals surface area contributed by atoms with E-state index in [1.165, 1.54) is 15.4 Å². The normalized spacial score (nSPS) is 21.7. The summed E-state index contributed by atoms with van der Waals surface area (Å²) in [5.41, 5.74) is 3.03. The van der Waals surface area contributed by atoms with Crippen molar-refractivity contribution in [2.24, 2.45) is 10.8 Å². The summed E-state index contributed by atoms with van der Waals surface area (Å²) in [4.78, 5) is 117. The van der Waals surface area contributed by atoms with E-state index in [0.717, 1.165) is 60.8 Å². The van der Waals surface area contributed by atoms with Crippen LogP contribution in [0.25, 0.3) is 0 Å². The van der Waals surface area contributed by atoms with Gasteiger partial charge in [0.15, 0.2) is 0 Å². The molecular formula is C60H84N10O8. The summed E-state index contributed by atoms with van der Waals surface area (Å²) >= 11 is 0. The summed E-state index contributed by atoms with van der Waals surface area (Å²) in [6, 6.07) is 14.8. The molecule has 3 aromatic rings. The third-order valence-electron chi connectivity index (χ3n) is 16.2. The van der Waals surface area contributed by atoms with E-state index < -0.39 is 82.3 Å². The second-order valence-electron chi connectivity index (χ2n) is 24.6. The lowest BCUT2D eigenvalue weighted by atomic mass is 9.83. The van der Waals surface area contributed by atoms with E-state index in [1.807, 2.05) is 77.9 Å². The quantitative estimate of drug-likeness (QED) is 0.102. The number of nitrogens with one attached hydrogen (secondary N) is 8. The summed E-state index contributed by atoms with van der Waals surface area (Å²) in [5.74, 6) is -3.43. The van der Waals surface area contributed by atoms with E-state index >= 15 is 0 Å². The summed E-state index contributed by atoms with van der Waals surface area (Å²) < 4.78 is 0. The van der Waals surface area contributed by atoms with E-state index in [4.69, 9.17) is 0 Å². The van der Waals surface area contributed by atoms with Gasteiger partial charge in [0, 0.05) is 31.1 Å². The number of aryl methyl sites for hydroxylation is 2. The number of likely N-dealkylation sites (N-methyl/N-ethyl adjacent to an activating group) is 2. The van der Waals surface area contributed by atoms with Gasteiger partial charge in [0.1, 0.15) is 29.7 Å². The molecule has 9 atom stereocenters. The van der Waals surface area contributed by atoms with E-state index in [0.29, 0.717) is 5.56 Å². The number of amides is 8. The molecule has 1 saturated heterocycles. The molecule has 2 heterocycles. The molecule has 2 aliphatic heterocycles. The van der Waals surface area contributed by atoms with Crippen molar-refractivity contribution in [2.75, 3.05) is 20.6 Å². The fourth-order valence-electron chi connectivity index (χ4n) is 11.2. The second-order valence-corrected chi connectivity index (χ2v) is 24.6. The molecule has 1 fully saturated rings. The molecule has 18 nitrogen and oxygen atoms in total. The Bertz CT molecular complexity index is 2760. The van der Waals surface area contributed by atoms with Crippen LogP contribution < -0.4 is 42.5 Å². The molecule has 0 spiro atoms. The van der Waals surface area contributed by atoms with Crippen molar-refractivity contribution in [2.45, 2.75) is 187 Å². The Balaban J connectivity index is 1.11. The molecule has 8 amide bonds. The maximum Gasteiger partial charge on any atom is 0.252 e. The van der Waals surface area contributed by atoms with Gasteiger partial charge in [-0.3, -0.25) is 38.4 Å². The highest BCUT2D eigenvalue weighted by molar-refractivity contribution is 6.00. The Morgan fingerprint density at radius 3 is 1.56 bits per heavy atom. The molecule has 3 aromatic carbocycles. The maximum atomic E-state index is 15.0. The van der Waals surface area contributed by atoms with Gasteiger partial charge < -0.3 is 52.3 Å². The molecule has 0 aromatic heterocycles. The first-order chi connectivity index (χ1) is 36.7. The lowest BCUT2D eigenvalue weighted by Gasteiger charge is -2.42. The van der Waals surface area contributed by atoms with Crippen LogP contribution in [-0.4, -0.2) is 126 Å². The third kappa shape index (κ3) is 13.4. The SMILES string of the molecule is CN[C@@H](C)C(=O)N[C@H](C(=O)N1Cc2cc(C(=O)NC(C)(C)C(=O)N[C@H]3C[C@@H](C(=O)N[C@@H]4CCCc5ccccc54)N(C(=O)[C@@H](NC(=O)[C@H](C)NC)C(C)(C)C)C3)ccc2C[C@H]1C(=O)N[C@@H]1CCCc2ccccc21)C(C)(C)C. The van der Waals surface area contributed by atoms with Crippen LogP contribution in [0.15, 0.2) is 66.7 Å². The van der Waals surface area contributed by atoms with E-state index in [2.05, 4.69) is 54.7 Å². The first-order valence-corrected chi connectivity index (χ1v) is 27.8. The van der Waals surface area contributed by atoms with Crippen molar-refractivity contribution >= 4 is 47.3 Å². The highest BCUT2D eigenvalue weighted by Crippen LogP contribution is 2.35. The molecule has 0 radical (unpaired) electrons. The van der Waals surface area contributed by atoms with Gasteiger partial charge in [0.25, 0.3) is 5.91 Å². The van der Waals surface area contributed by atoms with Crippen molar-refractivity contribution in [3.63, 3.8) is 0 Å². The highest BCUT2D eigenvalue weighted by atomic mass is 16.2. The molecule has 8 N–H and O–H groups in total.